The Bertz CT molecular complexity index is 1400. The van der Waals surface area contributed by atoms with E-state index < -0.39 is 25.8 Å². The van der Waals surface area contributed by atoms with E-state index in [9.17, 15) is 14.4 Å². The Balaban J connectivity index is 1.71. The summed E-state index contributed by atoms with van der Waals surface area (Å²) in [5.41, 5.74) is -0.652. The Morgan fingerprint density at radius 2 is 1.52 bits per heavy atom. The minimum atomic E-state index is -2.93. The van der Waals surface area contributed by atoms with E-state index in [-0.39, 0.29) is 41.2 Å². The second-order valence-corrected chi connectivity index (χ2v) is 21.2. The first-order chi connectivity index (χ1) is 24.9. The van der Waals surface area contributed by atoms with Crippen LogP contribution < -0.4 is 26.3 Å². The maximum atomic E-state index is 14.4. The van der Waals surface area contributed by atoms with Gasteiger partial charge in [-0.05, 0) is 72.7 Å². The van der Waals surface area contributed by atoms with Gasteiger partial charge in [0, 0.05) is 12.5 Å². The monoisotopic (exact) mass is 729 g/mol. The molecule has 1 saturated heterocycles. The molecule has 0 radical (unpaired) electrons. The van der Waals surface area contributed by atoms with Crippen molar-refractivity contribution in [2.24, 2.45) is 17.3 Å². The number of unbranched alkanes of at least 4 members (excludes halogenated alkanes) is 4. The lowest BCUT2D eigenvalue weighted by atomic mass is 9.77. The van der Waals surface area contributed by atoms with E-state index in [1.165, 1.54) is 29.6 Å². The fourth-order valence-electron chi connectivity index (χ4n) is 8.40. The average molecular weight is 730 g/mol. The van der Waals surface area contributed by atoms with Gasteiger partial charge >= 0.3 is 0 Å². The van der Waals surface area contributed by atoms with Crippen molar-refractivity contribution in [2.45, 2.75) is 142 Å². The van der Waals surface area contributed by atoms with Crippen molar-refractivity contribution >= 4 is 36.4 Å². The third-order valence-corrected chi connectivity index (χ3v) is 16.2. The maximum Gasteiger partial charge on any atom is 0.261 e. The SMILES string of the molecule is CCCCCCCC1CCCC=CCC2(CCNC2=O)C[C@@H](CO[Si](c2ccccc2)(c2ccccc2)C(C)(C)C)NC(=O)[C@H](CC(C)C)NC1=O. The molecule has 2 aliphatic rings. The summed E-state index contributed by atoms with van der Waals surface area (Å²) in [6.07, 6.45) is 15.8. The van der Waals surface area contributed by atoms with Crippen LogP contribution in [0.5, 0.6) is 0 Å². The molecule has 2 aliphatic heterocycles. The zero-order valence-electron chi connectivity index (χ0n) is 33.0. The van der Waals surface area contributed by atoms with Gasteiger partial charge in [0.15, 0.2) is 0 Å². The van der Waals surface area contributed by atoms with Gasteiger partial charge in [-0.2, -0.15) is 0 Å². The third-order valence-electron chi connectivity index (χ3n) is 11.2. The van der Waals surface area contributed by atoms with Crippen molar-refractivity contribution < 1.29 is 18.8 Å². The van der Waals surface area contributed by atoms with Crippen LogP contribution in [0.1, 0.15) is 125 Å². The standard InChI is InChI=1S/C44H67N3O4Si/c1-7-8-9-10-15-22-35-23-16-11-12-21-28-44(29-30-45-42(44)50)32-36(46-41(49)39(31-34(2)3)47-40(35)48)33-51-52(43(4,5)6,37-24-17-13-18-25-37)38-26-19-14-20-27-38/h12-14,17-21,24-27,34-36,39H,7-11,15-16,22-23,28-33H2,1-6H3,(H,45,50)(H,46,49)(H,47,48)/t35?,36-,39-,44?/m0/s1. The molecule has 4 rings (SSSR count). The summed E-state index contributed by atoms with van der Waals surface area (Å²) in [6.45, 7) is 14.0. The maximum absolute atomic E-state index is 14.4. The van der Waals surface area contributed by atoms with Crippen LogP contribution in [0.15, 0.2) is 72.8 Å². The fraction of sp³-hybridized carbons (Fsp3) is 0.614. The first-order valence-corrected chi connectivity index (χ1v) is 22.1. The summed E-state index contributed by atoms with van der Waals surface area (Å²) in [4.78, 5) is 42.1. The molecule has 2 heterocycles. The molecule has 0 aromatic heterocycles. The Morgan fingerprint density at radius 1 is 0.865 bits per heavy atom. The summed E-state index contributed by atoms with van der Waals surface area (Å²) in [5, 5.41) is 11.8. The van der Waals surface area contributed by atoms with E-state index in [0.717, 1.165) is 38.5 Å². The van der Waals surface area contributed by atoms with Crippen LogP contribution in [0, 0.1) is 17.3 Å². The van der Waals surface area contributed by atoms with E-state index in [4.69, 9.17) is 4.43 Å². The number of hydrogen-bond donors (Lipinski definition) is 3. The van der Waals surface area contributed by atoms with Crippen LogP contribution in [-0.2, 0) is 18.8 Å². The van der Waals surface area contributed by atoms with Crippen LogP contribution in [0.4, 0.5) is 0 Å². The van der Waals surface area contributed by atoms with Crippen LogP contribution in [0.2, 0.25) is 5.04 Å². The second-order valence-electron chi connectivity index (χ2n) is 16.9. The number of carbonyl (C=O) groups is 3. The molecule has 3 amide bonds. The predicted molar refractivity (Wildman–Crippen MR) is 216 cm³/mol. The molecule has 1 spiro atoms. The number of allylic oxidation sites excluding steroid dienone is 2. The zero-order valence-corrected chi connectivity index (χ0v) is 34.0. The summed E-state index contributed by atoms with van der Waals surface area (Å²) in [6, 6.07) is 19.9. The highest BCUT2D eigenvalue weighted by molar-refractivity contribution is 6.99. The van der Waals surface area contributed by atoms with Crippen LogP contribution in [-0.4, -0.2) is 51.3 Å². The number of benzene rings is 2. The molecule has 1 fully saturated rings. The summed E-state index contributed by atoms with van der Waals surface area (Å²) >= 11 is 0. The van der Waals surface area contributed by atoms with Gasteiger partial charge in [0.1, 0.15) is 6.04 Å². The molecule has 2 aromatic carbocycles. The van der Waals surface area contributed by atoms with Crippen LogP contribution >= 0.6 is 0 Å². The van der Waals surface area contributed by atoms with Crippen molar-refractivity contribution in [3.05, 3.63) is 72.8 Å². The highest BCUT2D eigenvalue weighted by Gasteiger charge is 2.51. The van der Waals surface area contributed by atoms with Crippen molar-refractivity contribution in [1.82, 2.24) is 16.0 Å². The number of amides is 3. The molecule has 0 saturated carbocycles. The molecule has 4 atom stereocenters. The van der Waals surface area contributed by atoms with Gasteiger partial charge in [0.05, 0.1) is 18.1 Å². The first-order valence-electron chi connectivity index (χ1n) is 20.2. The van der Waals surface area contributed by atoms with E-state index in [1.807, 2.05) is 12.1 Å². The Labute approximate surface area is 315 Å². The number of rotatable bonds is 13. The normalized spacial score (nSPS) is 23.9. The number of carbonyl (C=O) groups excluding carboxylic acids is 3. The molecule has 8 heteroatoms. The summed E-state index contributed by atoms with van der Waals surface area (Å²) in [7, 11) is -2.93. The van der Waals surface area contributed by atoms with Crippen molar-refractivity contribution in [3.63, 3.8) is 0 Å². The van der Waals surface area contributed by atoms with Gasteiger partial charge in [-0.25, -0.2) is 0 Å². The lowest BCUT2D eigenvalue weighted by Gasteiger charge is -2.44. The Kier molecular flexibility index (Phi) is 15.8. The van der Waals surface area contributed by atoms with Crippen LogP contribution in [0.25, 0.3) is 0 Å². The third kappa shape index (κ3) is 10.9. The van der Waals surface area contributed by atoms with E-state index in [2.05, 4.69) is 118 Å². The van der Waals surface area contributed by atoms with E-state index >= 15 is 0 Å². The summed E-state index contributed by atoms with van der Waals surface area (Å²) < 4.78 is 7.39. The summed E-state index contributed by atoms with van der Waals surface area (Å²) in [5.74, 6) is -0.0839. The molecule has 286 valence electrons. The highest BCUT2D eigenvalue weighted by Crippen LogP contribution is 2.39. The van der Waals surface area contributed by atoms with E-state index in [1.54, 1.807) is 0 Å². The Morgan fingerprint density at radius 3 is 2.10 bits per heavy atom. The van der Waals surface area contributed by atoms with Gasteiger partial charge in [0.2, 0.25) is 17.7 Å². The topological polar surface area (TPSA) is 96.5 Å². The minimum absolute atomic E-state index is 0.0121. The molecule has 52 heavy (non-hydrogen) atoms. The van der Waals surface area contributed by atoms with Crippen LogP contribution in [0.3, 0.4) is 0 Å². The molecule has 3 N–H and O–H groups in total. The minimum Gasteiger partial charge on any atom is -0.405 e. The Hall–Kier alpha value is -3.23. The zero-order chi connectivity index (χ0) is 37.6. The lowest BCUT2D eigenvalue weighted by Crippen LogP contribution is -2.67. The quantitative estimate of drug-likeness (QED) is 0.113. The second kappa shape index (κ2) is 19.7. The molecule has 7 nitrogen and oxygen atoms in total. The van der Waals surface area contributed by atoms with Crippen molar-refractivity contribution in [1.29, 1.82) is 0 Å². The van der Waals surface area contributed by atoms with Crippen molar-refractivity contribution in [2.75, 3.05) is 13.2 Å². The largest absolute Gasteiger partial charge is 0.405 e. The first kappa shape index (κ1) is 41.5. The molecule has 2 aromatic rings. The van der Waals surface area contributed by atoms with Crippen molar-refractivity contribution in [3.8, 4) is 0 Å². The van der Waals surface area contributed by atoms with Gasteiger partial charge in [-0.15, -0.1) is 0 Å². The fourth-order valence-corrected chi connectivity index (χ4v) is 13.0. The average Bonchev–Trinajstić information content (AvgIpc) is 3.46. The predicted octanol–water partition coefficient (Wildman–Crippen LogP) is 7.58. The van der Waals surface area contributed by atoms with Gasteiger partial charge in [0.25, 0.3) is 8.32 Å². The number of nitrogens with one attached hydrogen (secondary N) is 3. The molecular weight excluding hydrogens is 663 g/mol. The van der Waals surface area contributed by atoms with Gasteiger partial charge < -0.3 is 20.4 Å². The van der Waals surface area contributed by atoms with E-state index in [0.29, 0.717) is 32.2 Å². The molecular formula is C44H67N3O4Si. The molecule has 0 aliphatic carbocycles. The smallest absolute Gasteiger partial charge is 0.261 e. The molecule has 2 unspecified atom stereocenters. The van der Waals surface area contributed by atoms with Gasteiger partial charge in [-0.3, -0.25) is 14.4 Å². The molecule has 0 bridgehead atoms. The lowest BCUT2D eigenvalue weighted by molar-refractivity contribution is -0.133. The number of hydrogen-bond acceptors (Lipinski definition) is 4. The van der Waals surface area contributed by atoms with Gasteiger partial charge in [-0.1, -0.05) is 146 Å². The highest BCUT2D eigenvalue weighted by atomic mass is 28.4.